The second kappa shape index (κ2) is 4.51. The predicted octanol–water partition coefficient (Wildman–Crippen LogP) is 2.00. The predicted molar refractivity (Wildman–Crippen MR) is 59.8 cm³/mol. The van der Waals surface area contributed by atoms with Gasteiger partial charge in [0, 0.05) is 18.1 Å². The van der Waals surface area contributed by atoms with Crippen LogP contribution in [0.1, 0.15) is 5.56 Å². The molecule has 0 radical (unpaired) electrons. The molecule has 0 saturated carbocycles. The maximum atomic E-state index is 9.66. The first-order valence-electron chi connectivity index (χ1n) is 4.61. The lowest BCUT2D eigenvalue weighted by atomic mass is 9.97. The Morgan fingerprint density at radius 2 is 2.43 bits per heavy atom. The lowest BCUT2D eigenvalue weighted by Gasteiger charge is -2.13. The minimum atomic E-state index is -0.177. The highest BCUT2D eigenvalue weighted by Gasteiger charge is 2.26. The van der Waals surface area contributed by atoms with Crippen LogP contribution in [-0.2, 0) is 6.42 Å². The van der Waals surface area contributed by atoms with Gasteiger partial charge < -0.3 is 5.11 Å². The van der Waals surface area contributed by atoms with Crippen molar-refractivity contribution in [3.8, 4) is 0 Å². The molecule has 0 spiro atoms. The highest BCUT2D eigenvalue weighted by molar-refractivity contribution is 7.99. The van der Waals surface area contributed by atoms with E-state index in [-0.39, 0.29) is 6.10 Å². The van der Waals surface area contributed by atoms with Crippen molar-refractivity contribution in [1.29, 1.82) is 0 Å². The third kappa shape index (κ3) is 2.22. The zero-order valence-corrected chi connectivity index (χ0v) is 9.26. The van der Waals surface area contributed by atoms with Crippen molar-refractivity contribution in [3.05, 3.63) is 29.0 Å². The van der Waals surface area contributed by atoms with Gasteiger partial charge in [-0.05, 0) is 29.7 Å². The van der Waals surface area contributed by atoms with Gasteiger partial charge in [-0.15, -0.1) is 0 Å². The zero-order valence-electron chi connectivity index (χ0n) is 7.69. The van der Waals surface area contributed by atoms with Crippen LogP contribution < -0.4 is 0 Å². The summed E-state index contributed by atoms with van der Waals surface area (Å²) in [6.45, 7) is 0. The second-order valence-corrected chi connectivity index (χ2v) is 5.02. The van der Waals surface area contributed by atoms with Crippen LogP contribution in [0, 0.1) is 5.92 Å². The summed E-state index contributed by atoms with van der Waals surface area (Å²) < 4.78 is 0. The third-order valence-corrected chi connectivity index (χ3v) is 4.08. The van der Waals surface area contributed by atoms with Gasteiger partial charge in [-0.3, -0.25) is 4.98 Å². The first kappa shape index (κ1) is 10.3. The van der Waals surface area contributed by atoms with Crippen LogP contribution in [0.5, 0.6) is 0 Å². The Morgan fingerprint density at radius 3 is 3.07 bits per heavy atom. The van der Waals surface area contributed by atoms with E-state index in [1.54, 1.807) is 24.2 Å². The molecule has 4 heteroatoms. The molecular formula is C10H12ClNOS. The maximum Gasteiger partial charge on any atom is 0.0669 e. The summed E-state index contributed by atoms with van der Waals surface area (Å²) in [5.41, 5.74) is 1.09. The summed E-state index contributed by atoms with van der Waals surface area (Å²) >= 11 is 7.81. The van der Waals surface area contributed by atoms with Crippen LogP contribution >= 0.6 is 23.4 Å². The van der Waals surface area contributed by atoms with E-state index in [1.165, 1.54) is 0 Å². The van der Waals surface area contributed by atoms with Gasteiger partial charge >= 0.3 is 0 Å². The van der Waals surface area contributed by atoms with Gasteiger partial charge in [0.15, 0.2) is 0 Å². The Hall–Kier alpha value is -0.250. The van der Waals surface area contributed by atoms with Gasteiger partial charge in [0.25, 0.3) is 0 Å². The van der Waals surface area contributed by atoms with E-state index < -0.39 is 0 Å². The maximum absolute atomic E-state index is 9.66. The topological polar surface area (TPSA) is 33.1 Å². The molecule has 76 valence electrons. The monoisotopic (exact) mass is 229 g/mol. The summed E-state index contributed by atoms with van der Waals surface area (Å²) in [5, 5.41) is 10.4. The molecule has 1 saturated heterocycles. The summed E-state index contributed by atoms with van der Waals surface area (Å²) in [7, 11) is 0. The number of aliphatic hydroxyl groups is 1. The van der Waals surface area contributed by atoms with Crippen LogP contribution in [0.15, 0.2) is 18.5 Å². The molecule has 2 unspecified atom stereocenters. The van der Waals surface area contributed by atoms with E-state index in [0.717, 1.165) is 23.5 Å². The molecule has 14 heavy (non-hydrogen) atoms. The molecule has 1 aliphatic heterocycles. The molecule has 0 bridgehead atoms. The van der Waals surface area contributed by atoms with E-state index in [0.29, 0.717) is 10.9 Å². The highest BCUT2D eigenvalue weighted by atomic mass is 35.5. The van der Waals surface area contributed by atoms with Crippen molar-refractivity contribution in [1.82, 2.24) is 4.98 Å². The number of hydrogen-bond donors (Lipinski definition) is 1. The van der Waals surface area contributed by atoms with Crippen molar-refractivity contribution >= 4 is 23.4 Å². The number of nitrogens with zero attached hydrogens (tertiary/aromatic N) is 1. The molecule has 1 fully saturated rings. The number of halogens is 1. The second-order valence-electron chi connectivity index (χ2n) is 3.54. The number of rotatable bonds is 2. The fourth-order valence-electron chi connectivity index (χ4n) is 1.63. The molecule has 1 aromatic heterocycles. The van der Waals surface area contributed by atoms with Crippen LogP contribution in [0.25, 0.3) is 0 Å². The first-order chi connectivity index (χ1) is 6.77. The van der Waals surface area contributed by atoms with Gasteiger partial charge in [-0.1, -0.05) is 11.6 Å². The number of aromatic nitrogens is 1. The SMILES string of the molecule is OC1CSCC1Cc1ccncc1Cl. The molecule has 2 atom stereocenters. The molecule has 0 amide bonds. The van der Waals surface area contributed by atoms with E-state index in [4.69, 9.17) is 11.6 Å². The Kier molecular flexibility index (Phi) is 3.31. The van der Waals surface area contributed by atoms with Gasteiger partial charge in [-0.25, -0.2) is 0 Å². The minimum absolute atomic E-state index is 0.177. The minimum Gasteiger partial charge on any atom is -0.392 e. The van der Waals surface area contributed by atoms with Gasteiger partial charge in [0.05, 0.1) is 11.1 Å². The zero-order chi connectivity index (χ0) is 9.97. The Morgan fingerprint density at radius 1 is 1.57 bits per heavy atom. The normalized spacial score (nSPS) is 26.7. The molecule has 0 aromatic carbocycles. The number of pyridine rings is 1. The third-order valence-electron chi connectivity index (χ3n) is 2.50. The molecular weight excluding hydrogens is 218 g/mol. The van der Waals surface area contributed by atoms with Crippen molar-refractivity contribution in [2.45, 2.75) is 12.5 Å². The van der Waals surface area contributed by atoms with Gasteiger partial charge in [-0.2, -0.15) is 11.8 Å². The smallest absolute Gasteiger partial charge is 0.0669 e. The fourth-order valence-corrected chi connectivity index (χ4v) is 3.12. The summed E-state index contributed by atoms with van der Waals surface area (Å²) in [4.78, 5) is 3.94. The van der Waals surface area contributed by atoms with E-state index in [9.17, 15) is 5.11 Å². The first-order valence-corrected chi connectivity index (χ1v) is 6.15. The van der Waals surface area contributed by atoms with E-state index >= 15 is 0 Å². The number of thioether (sulfide) groups is 1. The van der Waals surface area contributed by atoms with Crippen molar-refractivity contribution < 1.29 is 5.11 Å². The van der Waals surface area contributed by atoms with Crippen molar-refractivity contribution in [3.63, 3.8) is 0 Å². The van der Waals surface area contributed by atoms with Gasteiger partial charge in [0.1, 0.15) is 0 Å². The van der Waals surface area contributed by atoms with Gasteiger partial charge in [0.2, 0.25) is 0 Å². The lowest BCUT2D eigenvalue weighted by molar-refractivity contribution is 0.150. The number of hydrogen-bond acceptors (Lipinski definition) is 3. The molecule has 0 aliphatic carbocycles. The highest BCUT2D eigenvalue weighted by Crippen LogP contribution is 2.28. The quantitative estimate of drug-likeness (QED) is 0.842. The molecule has 1 aliphatic rings. The summed E-state index contributed by atoms with van der Waals surface area (Å²) in [6.07, 6.45) is 4.08. The van der Waals surface area contributed by atoms with Crippen molar-refractivity contribution in [2.24, 2.45) is 5.92 Å². The number of aliphatic hydroxyl groups excluding tert-OH is 1. The van der Waals surface area contributed by atoms with E-state index in [2.05, 4.69) is 4.98 Å². The summed E-state index contributed by atoms with van der Waals surface area (Å²) in [6, 6.07) is 1.93. The average Bonchev–Trinajstić information content (AvgIpc) is 2.56. The standard InChI is InChI=1S/C10H12ClNOS/c11-9-4-12-2-1-7(9)3-8-5-14-6-10(8)13/h1-2,4,8,10,13H,3,5-6H2. The van der Waals surface area contributed by atoms with Crippen molar-refractivity contribution in [2.75, 3.05) is 11.5 Å². The Balaban J connectivity index is 2.07. The summed E-state index contributed by atoms with van der Waals surface area (Å²) in [5.74, 6) is 2.23. The van der Waals surface area contributed by atoms with Crippen LogP contribution in [0.4, 0.5) is 0 Å². The molecule has 1 N–H and O–H groups in total. The Bertz CT molecular complexity index is 321. The fraction of sp³-hybridized carbons (Fsp3) is 0.500. The largest absolute Gasteiger partial charge is 0.392 e. The molecule has 2 rings (SSSR count). The average molecular weight is 230 g/mol. The molecule has 1 aromatic rings. The van der Waals surface area contributed by atoms with Crippen LogP contribution in [0.2, 0.25) is 5.02 Å². The van der Waals surface area contributed by atoms with Crippen LogP contribution in [0.3, 0.4) is 0 Å². The van der Waals surface area contributed by atoms with E-state index in [1.807, 2.05) is 6.07 Å². The molecule has 2 heterocycles. The van der Waals surface area contributed by atoms with Crippen LogP contribution in [-0.4, -0.2) is 27.7 Å². The molecule has 2 nitrogen and oxygen atoms in total. The Labute approximate surface area is 92.7 Å². The lowest BCUT2D eigenvalue weighted by Crippen LogP contribution is -2.20.